The number of rotatable bonds is 8. The molecule has 0 radical (unpaired) electrons. The van der Waals surface area contributed by atoms with Crippen LogP contribution >= 0.6 is 0 Å². The van der Waals surface area contributed by atoms with Gasteiger partial charge in [-0.1, -0.05) is 24.3 Å². The van der Waals surface area contributed by atoms with Crippen LogP contribution in [0.4, 0.5) is 11.4 Å². The average Bonchev–Trinajstić information content (AvgIpc) is 2.81. The van der Waals surface area contributed by atoms with Crippen LogP contribution in [0.25, 0.3) is 0 Å². The summed E-state index contributed by atoms with van der Waals surface area (Å²) >= 11 is 0. The molecule has 3 rings (SSSR count). The Morgan fingerprint density at radius 2 is 1.80 bits per heavy atom. The van der Waals surface area contributed by atoms with Crippen molar-refractivity contribution >= 4 is 39.9 Å². The van der Waals surface area contributed by atoms with Crippen molar-refractivity contribution in [3.05, 3.63) is 81.2 Å². The Morgan fingerprint density at radius 3 is 2.43 bits per heavy atom. The molecule has 1 aliphatic rings. The molecule has 0 bridgehead atoms. The number of aliphatic imine (C=N–C) groups is 1. The number of para-hydroxylation sites is 1. The van der Waals surface area contributed by atoms with Gasteiger partial charge in [-0.05, 0) is 68.8 Å². The van der Waals surface area contributed by atoms with Gasteiger partial charge in [-0.2, -0.15) is 0 Å². The first-order chi connectivity index (χ1) is 16.6. The van der Waals surface area contributed by atoms with Crippen molar-refractivity contribution in [2.75, 3.05) is 17.1 Å². The first kappa shape index (κ1) is 25.7. The molecule has 184 valence electrons. The highest BCUT2D eigenvalue weighted by Gasteiger charge is 2.25. The third-order valence-corrected chi connectivity index (χ3v) is 6.85. The molecule has 0 unspecified atom stereocenters. The van der Waals surface area contributed by atoms with Crippen LogP contribution in [0.2, 0.25) is 0 Å². The molecule has 2 aromatic rings. The molecule has 10 heteroatoms. The highest BCUT2D eigenvalue weighted by Crippen LogP contribution is 2.27. The fourth-order valence-electron chi connectivity index (χ4n) is 3.78. The van der Waals surface area contributed by atoms with E-state index in [1.807, 2.05) is 6.07 Å². The smallest absolute Gasteiger partial charge is 0.267 e. The normalized spacial score (nSPS) is 14.3. The fraction of sp³-hybridized carbons (Fsp3) is 0.240. The number of allylic oxidation sites excluding steroid dienone is 2. The van der Waals surface area contributed by atoms with Crippen LogP contribution in [0.3, 0.4) is 0 Å². The number of hydrogen-bond acceptors (Lipinski definition) is 6. The molecule has 0 atom stereocenters. The number of methoxy groups -OCH3 is 1. The standard InChI is InChI=1S/C25H28N4O5S/c1-15-8-6-9-16(2)23(15)29-35(32,33)21(25(26-4)34-5)14-17(3)27-24(31)19-10-7-11-20-18(19)12-13-22(30)28-20/h6-11,14,29H,4,12-13H2,1-3,5H3,(H,27,31)(H,28,30)/b17-14+,25-21-. The Kier molecular flexibility index (Phi) is 7.75. The summed E-state index contributed by atoms with van der Waals surface area (Å²) in [5, 5.41) is 5.47. The van der Waals surface area contributed by atoms with Gasteiger partial charge in [0.15, 0.2) is 4.91 Å². The Labute approximate surface area is 205 Å². The molecular weight excluding hydrogens is 468 g/mol. The summed E-state index contributed by atoms with van der Waals surface area (Å²) in [6.07, 6.45) is 1.98. The summed E-state index contributed by atoms with van der Waals surface area (Å²) < 4.78 is 34.4. The first-order valence-corrected chi connectivity index (χ1v) is 12.3. The topological polar surface area (TPSA) is 126 Å². The van der Waals surface area contributed by atoms with E-state index in [0.29, 0.717) is 23.4 Å². The number of ether oxygens (including phenoxy) is 1. The number of carbonyl (C=O) groups excluding carboxylic acids is 2. The lowest BCUT2D eigenvalue weighted by Crippen LogP contribution is -2.27. The minimum absolute atomic E-state index is 0.105. The van der Waals surface area contributed by atoms with Gasteiger partial charge in [-0.25, -0.2) is 13.4 Å². The quantitative estimate of drug-likeness (QED) is 0.291. The molecule has 1 aliphatic heterocycles. The third kappa shape index (κ3) is 5.78. The predicted molar refractivity (Wildman–Crippen MR) is 137 cm³/mol. The van der Waals surface area contributed by atoms with Crippen LogP contribution in [-0.4, -0.2) is 34.1 Å². The van der Waals surface area contributed by atoms with Crippen LogP contribution in [0.1, 0.15) is 40.4 Å². The Morgan fingerprint density at radius 1 is 1.14 bits per heavy atom. The van der Waals surface area contributed by atoms with E-state index in [0.717, 1.165) is 16.7 Å². The van der Waals surface area contributed by atoms with Crippen molar-refractivity contribution in [3.63, 3.8) is 0 Å². The van der Waals surface area contributed by atoms with E-state index >= 15 is 0 Å². The lowest BCUT2D eigenvalue weighted by molar-refractivity contribution is -0.116. The molecule has 2 aromatic carbocycles. The Balaban J connectivity index is 1.95. The lowest BCUT2D eigenvalue weighted by atomic mass is 9.97. The van der Waals surface area contributed by atoms with Gasteiger partial charge in [-0.3, -0.25) is 14.3 Å². The van der Waals surface area contributed by atoms with Gasteiger partial charge in [0.1, 0.15) is 0 Å². The highest BCUT2D eigenvalue weighted by atomic mass is 32.2. The summed E-state index contributed by atoms with van der Waals surface area (Å²) in [6.45, 7) is 8.54. The number of aryl methyl sites for hydroxylation is 2. The number of benzene rings is 2. The molecular formula is C25H28N4O5S. The van der Waals surface area contributed by atoms with Gasteiger partial charge < -0.3 is 15.4 Å². The van der Waals surface area contributed by atoms with Crippen molar-refractivity contribution in [2.45, 2.75) is 33.6 Å². The summed E-state index contributed by atoms with van der Waals surface area (Å²) in [7, 11) is -2.88. The maximum absolute atomic E-state index is 13.3. The average molecular weight is 497 g/mol. The Hall–Kier alpha value is -3.92. The summed E-state index contributed by atoms with van der Waals surface area (Å²) in [4.78, 5) is 28.1. The molecule has 2 amide bonds. The molecule has 0 saturated heterocycles. The van der Waals surface area contributed by atoms with Crippen LogP contribution in [0, 0.1) is 13.8 Å². The van der Waals surface area contributed by atoms with E-state index in [2.05, 4.69) is 27.1 Å². The predicted octanol–water partition coefficient (Wildman–Crippen LogP) is 3.78. The number of carbonyl (C=O) groups is 2. The third-order valence-electron chi connectivity index (χ3n) is 5.51. The maximum atomic E-state index is 13.3. The monoisotopic (exact) mass is 496 g/mol. The van der Waals surface area contributed by atoms with Gasteiger partial charge in [0.05, 0.1) is 12.8 Å². The zero-order valence-corrected chi connectivity index (χ0v) is 20.9. The van der Waals surface area contributed by atoms with Crippen molar-refractivity contribution < 1.29 is 22.7 Å². The number of fused-ring (bicyclic) bond motifs is 1. The van der Waals surface area contributed by atoms with E-state index in [1.54, 1.807) is 51.1 Å². The number of anilines is 2. The molecule has 0 saturated carbocycles. The SMILES string of the molecule is C=N/C(OC)=C(\C=C(/C)NC(=O)c1cccc2c1CCC(=O)N2)S(=O)(=O)Nc1c(C)cccc1C. The maximum Gasteiger partial charge on any atom is 0.267 e. The zero-order chi connectivity index (χ0) is 25.8. The van der Waals surface area contributed by atoms with Crippen molar-refractivity contribution in [2.24, 2.45) is 4.99 Å². The molecule has 0 fully saturated rings. The van der Waals surface area contributed by atoms with E-state index in [-0.39, 0.29) is 28.8 Å². The van der Waals surface area contributed by atoms with E-state index in [4.69, 9.17) is 4.74 Å². The van der Waals surface area contributed by atoms with Gasteiger partial charge >= 0.3 is 0 Å². The number of sulfonamides is 1. The van der Waals surface area contributed by atoms with Gasteiger partial charge in [0, 0.05) is 23.4 Å². The highest BCUT2D eigenvalue weighted by molar-refractivity contribution is 7.96. The molecule has 1 heterocycles. The zero-order valence-electron chi connectivity index (χ0n) is 20.1. The van der Waals surface area contributed by atoms with E-state index < -0.39 is 15.9 Å². The number of hydrogen-bond donors (Lipinski definition) is 3. The second-order valence-corrected chi connectivity index (χ2v) is 9.72. The second kappa shape index (κ2) is 10.6. The number of nitrogens with one attached hydrogen (secondary N) is 3. The van der Waals surface area contributed by atoms with E-state index in [9.17, 15) is 18.0 Å². The molecule has 9 nitrogen and oxygen atoms in total. The molecule has 0 aliphatic carbocycles. The molecule has 0 aromatic heterocycles. The van der Waals surface area contributed by atoms with Gasteiger partial charge in [-0.15, -0.1) is 0 Å². The van der Waals surface area contributed by atoms with E-state index in [1.165, 1.54) is 13.2 Å². The lowest BCUT2D eigenvalue weighted by Gasteiger charge is -2.20. The number of nitrogens with zero attached hydrogens (tertiary/aromatic N) is 1. The fourth-order valence-corrected chi connectivity index (χ4v) is 5.19. The van der Waals surface area contributed by atoms with Gasteiger partial charge in [0.25, 0.3) is 15.9 Å². The van der Waals surface area contributed by atoms with Crippen LogP contribution in [0.5, 0.6) is 0 Å². The molecule has 35 heavy (non-hydrogen) atoms. The van der Waals surface area contributed by atoms with Gasteiger partial charge in [0.2, 0.25) is 11.8 Å². The second-order valence-electron chi connectivity index (χ2n) is 8.07. The summed E-state index contributed by atoms with van der Waals surface area (Å²) in [5.41, 5.74) is 3.88. The molecule has 3 N–H and O–H groups in total. The minimum atomic E-state index is -4.16. The van der Waals surface area contributed by atoms with Crippen LogP contribution < -0.4 is 15.4 Å². The van der Waals surface area contributed by atoms with Crippen molar-refractivity contribution in [1.82, 2.24) is 5.32 Å². The summed E-state index contributed by atoms with van der Waals surface area (Å²) in [5.74, 6) is -0.764. The Bertz CT molecular complexity index is 1340. The molecule has 0 spiro atoms. The van der Waals surface area contributed by atoms with Crippen molar-refractivity contribution in [1.29, 1.82) is 0 Å². The van der Waals surface area contributed by atoms with Crippen LogP contribution in [-0.2, 0) is 26.0 Å². The minimum Gasteiger partial charge on any atom is -0.480 e. The largest absolute Gasteiger partial charge is 0.480 e. The van der Waals surface area contributed by atoms with Crippen LogP contribution in [0.15, 0.2) is 64.0 Å². The number of amides is 2. The first-order valence-electron chi connectivity index (χ1n) is 10.8. The summed E-state index contributed by atoms with van der Waals surface area (Å²) in [6, 6.07) is 10.5. The van der Waals surface area contributed by atoms with Crippen molar-refractivity contribution in [3.8, 4) is 0 Å².